The van der Waals surface area contributed by atoms with Crippen molar-refractivity contribution in [1.82, 2.24) is 5.06 Å². The van der Waals surface area contributed by atoms with E-state index in [4.69, 9.17) is 4.74 Å². The zero-order valence-electron chi connectivity index (χ0n) is 10.3. The van der Waals surface area contributed by atoms with Crippen molar-refractivity contribution in [1.29, 1.82) is 0 Å². The molecule has 1 aromatic carbocycles. The fourth-order valence-corrected chi connectivity index (χ4v) is 1.97. The van der Waals surface area contributed by atoms with Gasteiger partial charge >= 0.3 is 5.97 Å². The second-order valence-electron chi connectivity index (χ2n) is 3.98. The van der Waals surface area contributed by atoms with Crippen molar-refractivity contribution in [2.45, 2.75) is 6.92 Å². The van der Waals surface area contributed by atoms with E-state index in [1.165, 1.54) is 12.1 Å². The number of hydrogen-bond donors (Lipinski definition) is 1. The number of anilines is 1. The van der Waals surface area contributed by atoms with Gasteiger partial charge in [-0.3, -0.25) is 19.7 Å². The average Bonchev–Trinajstić information content (AvgIpc) is 2.33. The minimum absolute atomic E-state index is 0.00375. The van der Waals surface area contributed by atoms with Gasteiger partial charge in [0.25, 0.3) is 5.91 Å². The smallest absolute Gasteiger partial charge is 0.309 e. The van der Waals surface area contributed by atoms with Crippen LogP contribution in [0.1, 0.15) is 6.92 Å². The van der Waals surface area contributed by atoms with Crippen molar-refractivity contribution in [2.75, 3.05) is 11.4 Å². The zero-order valence-corrected chi connectivity index (χ0v) is 11.9. The maximum atomic E-state index is 13.9. The highest BCUT2D eigenvalue weighted by Gasteiger charge is 2.28. The molecule has 0 fully saturated rings. The predicted octanol–water partition coefficient (Wildman–Crippen LogP) is 1.99. The number of hydrogen-bond acceptors (Lipinski definition) is 5. The minimum atomic E-state index is -0.666. The molecule has 2 rings (SSSR count). The van der Waals surface area contributed by atoms with Crippen molar-refractivity contribution in [3.05, 3.63) is 40.6 Å². The van der Waals surface area contributed by atoms with Gasteiger partial charge in [0.2, 0.25) is 5.88 Å². The average molecular weight is 345 g/mol. The molecule has 1 heterocycles. The highest BCUT2D eigenvalue weighted by Crippen LogP contribution is 2.26. The summed E-state index contributed by atoms with van der Waals surface area (Å²) in [6, 6.07) is 4.16. The van der Waals surface area contributed by atoms with E-state index in [0.717, 1.165) is 18.0 Å². The highest BCUT2D eigenvalue weighted by atomic mass is 79.9. The largest absolute Gasteiger partial charge is 0.406 e. The normalized spacial score (nSPS) is 15.2. The Hall–Kier alpha value is -1.93. The third-order valence-electron chi connectivity index (χ3n) is 2.47. The SMILES string of the molecule is CC(=O)OC1=CN(c2ccc(Br)cc2F)C(=O)CN1O. The summed E-state index contributed by atoms with van der Waals surface area (Å²) in [6.45, 7) is 0.699. The Morgan fingerprint density at radius 2 is 2.20 bits per heavy atom. The fraction of sp³-hybridized carbons (Fsp3) is 0.167. The van der Waals surface area contributed by atoms with Crippen LogP contribution >= 0.6 is 15.9 Å². The van der Waals surface area contributed by atoms with Gasteiger partial charge in [-0.25, -0.2) is 9.45 Å². The third-order valence-corrected chi connectivity index (χ3v) is 2.96. The fourth-order valence-electron chi connectivity index (χ4n) is 1.64. The van der Waals surface area contributed by atoms with E-state index in [-0.39, 0.29) is 11.6 Å². The molecule has 0 saturated heterocycles. The molecule has 1 aromatic rings. The Balaban J connectivity index is 2.40. The molecular formula is C12H10BrFN2O4. The van der Waals surface area contributed by atoms with E-state index in [1.807, 2.05) is 0 Å². The summed E-state index contributed by atoms with van der Waals surface area (Å²) in [5, 5.41) is 9.99. The summed E-state index contributed by atoms with van der Waals surface area (Å²) in [5.74, 6) is -2.11. The number of amides is 1. The number of esters is 1. The molecule has 0 saturated carbocycles. The third kappa shape index (κ3) is 2.97. The van der Waals surface area contributed by atoms with Crippen LogP contribution < -0.4 is 4.90 Å². The second-order valence-corrected chi connectivity index (χ2v) is 4.89. The minimum Gasteiger partial charge on any atom is -0.406 e. The lowest BCUT2D eigenvalue weighted by atomic mass is 10.2. The molecule has 0 unspecified atom stereocenters. The van der Waals surface area contributed by atoms with Gasteiger partial charge in [0.15, 0.2) is 0 Å². The van der Waals surface area contributed by atoms with E-state index in [1.54, 1.807) is 6.07 Å². The molecule has 1 N–H and O–H groups in total. The topological polar surface area (TPSA) is 70.1 Å². The van der Waals surface area contributed by atoms with E-state index in [0.29, 0.717) is 9.54 Å². The maximum absolute atomic E-state index is 13.9. The summed E-state index contributed by atoms with van der Waals surface area (Å²) < 4.78 is 19.1. The van der Waals surface area contributed by atoms with Crippen LogP contribution in [-0.4, -0.2) is 28.7 Å². The first-order valence-electron chi connectivity index (χ1n) is 5.52. The Bertz CT molecular complexity index is 605. The molecule has 1 aliphatic heterocycles. The van der Waals surface area contributed by atoms with Crippen molar-refractivity contribution < 1.29 is 23.9 Å². The maximum Gasteiger partial charge on any atom is 0.309 e. The molecule has 1 aliphatic rings. The zero-order chi connectivity index (χ0) is 14.9. The second kappa shape index (κ2) is 5.59. The number of carbonyl (C=O) groups excluding carboxylic acids is 2. The molecule has 0 spiro atoms. The molecule has 0 aliphatic carbocycles. The Morgan fingerprint density at radius 1 is 1.50 bits per heavy atom. The van der Waals surface area contributed by atoms with Crippen molar-refractivity contribution >= 4 is 33.5 Å². The molecule has 8 heteroatoms. The first-order valence-corrected chi connectivity index (χ1v) is 6.31. The monoisotopic (exact) mass is 344 g/mol. The Labute approximate surface area is 122 Å². The number of nitrogens with zero attached hydrogens (tertiary/aromatic N) is 2. The van der Waals surface area contributed by atoms with Crippen LogP contribution in [0, 0.1) is 5.82 Å². The lowest BCUT2D eigenvalue weighted by molar-refractivity contribution is -0.158. The van der Waals surface area contributed by atoms with E-state index < -0.39 is 24.2 Å². The van der Waals surface area contributed by atoms with Gasteiger partial charge < -0.3 is 4.74 Å². The van der Waals surface area contributed by atoms with Gasteiger partial charge in [0.1, 0.15) is 12.4 Å². The van der Waals surface area contributed by atoms with Crippen LogP contribution in [0.4, 0.5) is 10.1 Å². The summed E-state index contributed by atoms with van der Waals surface area (Å²) in [6.07, 6.45) is 1.06. The van der Waals surface area contributed by atoms with Crippen LogP contribution in [0.5, 0.6) is 0 Å². The predicted molar refractivity (Wildman–Crippen MR) is 69.9 cm³/mol. The van der Waals surface area contributed by atoms with Crippen molar-refractivity contribution in [3.63, 3.8) is 0 Å². The number of carbonyl (C=O) groups is 2. The Kier molecular flexibility index (Phi) is 4.05. The van der Waals surface area contributed by atoms with Crippen LogP contribution in [0.2, 0.25) is 0 Å². The van der Waals surface area contributed by atoms with E-state index in [9.17, 15) is 19.2 Å². The first-order chi connectivity index (χ1) is 9.38. The molecule has 20 heavy (non-hydrogen) atoms. The summed E-state index contributed by atoms with van der Waals surface area (Å²) >= 11 is 3.11. The molecular weight excluding hydrogens is 335 g/mol. The molecule has 6 nitrogen and oxygen atoms in total. The lowest BCUT2D eigenvalue weighted by Gasteiger charge is -2.29. The molecule has 106 valence electrons. The van der Waals surface area contributed by atoms with E-state index in [2.05, 4.69) is 15.9 Å². The van der Waals surface area contributed by atoms with Crippen LogP contribution in [0.15, 0.2) is 34.8 Å². The summed E-state index contributed by atoms with van der Waals surface area (Å²) in [4.78, 5) is 23.7. The van der Waals surface area contributed by atoms with Crippen LogP contribution in [0.3, 0.4) is 0 Å². The molecule has 0 atom stereocenters. The number of rotatable bonds is 2. The van der Waals surface area contributed by atoms with Gasteiger partial charge in [0, 0.05) is 11.4 Å². The highest BCUT2D eigenvalue weighted by molar-refractivity contribution is 9.10. The molecule has 1 amide bonds. The first kappa shape index (κ1) is 14.5. The quantitative estimate of drug-likeness (QED) is 0.831. The van der Waals surface area contributed by atoms with Gasteiger partial charge in [-0.2, -0.15) is 0 Å². The van der Waals surface area contributed by atoms with Crippen molar-refractivity contribution in [2.24, 2.45) is 0 Å². The number of halogens is 2. The number of ether oxygens (including phenoxy) is 1. The van der Waals surface area contributed by atoms with E-state index >= 15 is 0 Å². The van der Waals surface area contributed by atoms with Gasteiger partial charge in [-0.05, 0) is 18.2 Å². The standard InChI is InChI=1S/C12H10BrFN2O4/c1-7(17)20-12-6-15(11(18)5-16(12)19)10-3-2-8(13)4-9(10)14/h2-4,6,19H,5H2,1H3. The van der Waals surface area contributed by atoms with Gasteiger partial charge in [-0.15, -0.1) is 0 Å². The lowest BCUT2D eigenvalue weighted by Crippen LogP contribution is -2.42. The number of hydroxylamine groups is 2. The molecule has 0 bridgehead atoms. The van der Waals surface area contributed by atoms with Crippen molar-refractivity contribution in [3.8, 4) is 0 Å². The van der Waals surface area contributed by atoms with Gasteiger partial charge in [-0.1, -0.05) is 15.9 Å². The van der Waals surface area contributed by atoms with Crippen LogP contribution in [0.25, 0.3) is 0 Å². The molecule has 0 aromatic heterocycles. The van der Waals surface area contributed by atoms with Gasteiger partial charge in [0.05, 0.1) is 11.9 Å². The summed E-state index contributed by atoms with van der Waals surface area (Å²) in [7, 11) is 0. The Morgan fingerprint density at radius 3 is 2.80 bits per heavy atom. The van der Waals surface area contributed by atoms with Crippen LogP contribution in [-0.2, 0) is 14.3 Å². The summed E-state index contributed by atoms with van der Waals surface area (Å²) in [5.41, 5.74) is -0.00375. The number of benzene rings is 1. The molecule has 0 radical (unpaired) electrons.